The first-order valence-corrected chi connectivity index (χ1v) is 5.70. The second-order valence-corrected chi connectivity index (χ2v) is 3.75. The Kier molecular flexibility index (Phi) is 4.28. The summed E-state index contributed by atoms with van der Waals surface area (Å²) in [6, 6.07) is 7.22. The van der Waals surface area contributed by atoms with Gasteiger partial charge in [-0.25, -0.2) is 14.5 Å². The first kappa shape index (κ1) is 12.8. The number of benzene rings is 1. The van der Waals surface area contributed by atoms with E-state index >= 15 is 0 Å². The van der Waals surface area contributed by atoms with Crippen molar-refractivity contribution >= 4 is 12.0 Å². The number of ether oxygens (including phenoxy) is 1. The maximum Gasteiger partial charge on any atom is 0.328 e. The van der Waals surface area contributed by atoms with Crippen LogP contribution < -0.4 is 4.74 Å². The lowest BCUT2D eigenvalue weighted by atomic mass is 10.2. The number of hydrogen-bond donors (Lipinski definition) is 1. The fourth-order valence-corrected chi connectivity index (χ4v) is 1.48. The normalized spacial score (nSPS) is 10.7. The van der Waals surface area contributed by atoms with Gasteiger partial charge in [0.05, 0.1) is 6.54 Å². The number of carboxylic acids is 1. The van der Waals surface area contributed by atoms with Crippen molar-refractivity contribution in [1.82, 2.24) is 14.8 Å². The highest BCUT2D eigenvalue weighted by Gasteiger charge is 1.97. The van der Waals surface area contributed by atoms with Crippen LogP contribution in [0.1, 0.15) is 5.56 Å². The molecule has 2 rings (SSSR count). The molecule has 19 heavy (non-hydrogen) atoms. The zero-order valence-electron chi connectivity index (χ0n) is 10.1. The summed E-state index contributed by atoms with van der Waals surface area (Å²) in [5.74, 6) is -0.287. The molecule has 0 amide bonds. The molecule has 0 atom stereocenters. The molecule has 0 aliphatic rings. The molecule has 2 aromatic rings. The Morgan fingerprint density at radius 1 is 1.47 bits per heavy atom. The standard InChI is InChI=1S/C13H13N3O3/c17-13(18)5-4-11-2-1-3-12(8-11)19-7-6-16-10-14-9-15-16/h1-5,8-10H,6-7H2,(H,17,18)/b5-4+. The van der Waals surface area contributed by atoms with Crippen molar-refractivity contribution in [1.29, 1.82) is 0 Å². The van der Waals surface area contributed by atoms with Gasteiger partial charge in [0.2, 0.25) is 0 Å². The third-order valence-corrected chi connectivity index (χ3v) is 2.33. The van der Waals surface area contributed by atoms with Crippen LogP contribution >= 0.6 is 0 Å². The summed E-state index contributed by atoms with van der Waals surface area (Å²) in [5.41, 5.74) is 0.778. The van der Waals surface area contributed by atoms with E-state index in [1.54, 1.807) is 17.1 Å². The van der Waals surface area contributed by atoms with E-state index < -0.39 is 5.97 Å². The van der Waals surface area contributed by atoms with Gasteiger partial charge in [0.25, 0.3) is 0 Å². The van der Waals surface area contributed by atoms with Gasteiger partial charge in [-0.2, -0.15) is 5.10 Å². The summed E-state index contributed by atoms with van der Waals surface area (Å²) in [4.78, 5) is 14.3. The average Bonchev–Trinajstić information content (AvgIpc) is 2.90. The van der Waals surface area contributed by atoms with Crippen LogP contribution in [0.5, 0.6) is 5.75 Å². The van der Waals surface area contributed by atoms with Crippen molar-refractivity contribution in [2.75, 3.05) is 6.61 Å². The number of aromatic nitrogens is 3. The molecule has 6 nitrogen and oxygen atoms in total. The van der Waals surface area contributed by atoms with Gasteiger partial charge in [-0.1, -0.05) is 12.1 Å². The van der Waals surface area contributed by atoms with E-state index in [1.807, 2.05) is 18.2 Å². The third kappa shape index (κ3) is 4.27. The predicted molar refractivity (Wildman–Crippen MR) is 68.6 cm³/mol. The van der Waals surface area contributed by atoms with Crippen molar-refractivity contribution in [3.63, 3.8) is 0 Å². The molecule has 0 spiro atoms. The molecule has 0 aliphatic carbocycles. The third-order valence-electron chi connectivity index (χ3n) is 2.33. The molecule has 1 N–H and O–H groups in total. The molecular weight excluding hydrogens is 246 g/mol. The molecule has 0 saturated carbocycles. The topological polar surface area (TPSA) is 77.2 Å². The van der Waals surface area contributed by atoms with Gasteiger partial charge in [0.15, 0.2) is 0 Å². The van der Waals surface area contributed by atoms with Crippen LogP contribution in [-0.2, 0) is 11.3 Å². The zero-order chi connectivity index (χ0) is 13.5. The Morgan fingerprint density at radius 3 is 3.11 bits per heavy atom. The molecule has 0 bridgehead atoms. The largest absolute Gasteiger partial charge is 0.492 e. The SMILES string of the molecule is O=C(O)/C=C/c1cccc(OCCn2cncn2)c1. The number of nitrogens with zero attached hydrogens (tertiary/aromatic N) is 3. The van der Waals surface area contributed by atoms with Crippen LogP contribution in [0.25, 0.3) is 6.08 Å². The summed E-state index contributed by atoms with van der Waals surface area (Å²) in [7, 11) is 0. The first-order chi connectivity index (χ1) is 9.24. The van der Waals surface area contributed by atoms with Crippen LogP contribution in [0, 0.1) is 0 Å². The van der Waals surface area contributed by atoms with Crippen molar-refractivity contribution in [3.05, 3.63) is 48.6 Å². The predicted octanol–water partition coefficient (Wildman–Crippen LogP) is 1.45. The average molecular weight is 259 g/mol. The lowest BCUT2D eigenvalue weighted by Crippen LogP contribution is -2.08. The van der Waals surface area contributed by atoms with Crippen LogP contribution in [0.15, 0.2) is 43.0 Å². The summed E-state index contributed by atoms with van der Waals surface area (Å²) in [5, 5.41) is 12.5. The highest BCUT2D eigenvalue weighted by Crippen LogP contribution is 2.14. The Morgan fingerprint density at radius 2 is 2.37 bits per heavy atom. The summed E-state index contributed by atoms with van der Waals surface area (Å²) in [6.45, 7) is 1.07. The number of aliphatic carboxylic acids is 1. The molecule has 1 aromatic heterocycles. The second kappa shape index (κ2) is 6.34. The van der Waals surface area contributed by atoms with Crippen molar-refractivity contribution in [3.8, 4) is 5.75 Å². The molecule has 6 heteroatoms. The fraction of sp³-hybridized carbons (Fsp3) is 0.154. The molecule has 1 aromatic carbocycles. The van der Waals surface area contributed by atoms with Gasteiger partial charge >= 0.3 is 5.97 Å². The number of rotatable bonds is 6. The van der Waals surface area contributed by atoms with Gasteiger partial charge in [-0.3, -0.25) is 0 Å². The maximum atomic E-state index is 10.4. The lowest BCUT2D eigenvalue weighted by Gasteiger charge is -2.06. The Labute approximate surface area is 110 Å². The maximum absolute atomic E-state index is 10.4. The molecule has 0 radical (unpaired) electrons. The highest BCUT2D eigenvalue weighted by atomic mass is 16.5. The van der Waals surface area contributed by atoms with E-state index in [2.05, 4.69) is 10.1 Å². The summed E-state index contributed by atoms with van der Waals surface area (Å²) >= 11 is 0. The first-order valence-electron chi connectivity index (χ1n) is 5.70. The lowest BCUT2D eigenvalue weighted by molar-refractivity contribution is -0.131. The molecule has 1 heterocycles. The van der Waals surface area contributed by atoms with E-state index in [-0.39, 0.29) is 0 Å². The molecule has 0 saturated heterocycles. The van der Waals surface area contributed by atoms with Crippen molar-refractivity contribution in [2.45, 2.75) is 6.54 Å². The van der Waals surface area contributed by atoms with E-state index in [1.165, 1.54) is 12.4 Å². The van der Waals surface area contributed by atoms with E-state index in [9.17, 15) is 4.79 Å². The van der Waals surface area contributed by atoms with Gasteiger partial charge < -0.3 is 9.84 Å². The minimum absolute atomic E-state index is 0.468. The quantitative estimate of drug-likeness (QED) is 0.794. The van der Waals surface area contributed by atoms with E-state index in [0.29, 0.717) is 18.9 Å². The van der Waals surface area contributed by atoms with E-state index in [0.717, 1.165) is 11.6 Å². The van der Waals surface area contributed by atoms with Crippen LogP contribution in [-0.4, -0.2) is 32.4 Å². The molecule has 0 fully saturated rings. The van der Waals surface area contributed by atoms with Gasteiger partial charge in [0.1, 0.15) is 25.0 Å². The number of carboxylic acid groups (broad SMARTS) is 1. The van der Waals surface area contributed by atoms with Crippen molar-refractivity contribution in [2.24, 2.45) is 0 Å². The zero-order valence-corrected chi connectivity index (χ0v) is 10.1. The van der Waals surface area contributed by atoms with Crippen molar-refractivity contribution < 1.29 is 14.6 Å². The number of carbonyl (C=O) groups is 1. The van der Waals surface area contributed by atoms with Gasteiger partial charge in [-0.05, 0) is 23.8 Å². The molecule has 98 valence electrons. The Hall–Kier alpha value is -2.63. The molecular formula is C13H13N3O3. The highest BCUT2D eigenvalue weighted by molar-refractivity contribution is 5.85. The summed E-state index contributed by atoms with van der Waals surface area (Å²) < 4.78 is 7.23. The minimum atomic E-state index is -0.975. The number of hydrogen-bond acceptors (Lipinski definition) is 4. The second-order valence-electron chi connectivity index (χ2n) is 3.75. The van der Waals surface area contributed by atoms with E-state index in [4.69, 9.17) is 9.84 Å². The van der Waals surface area contributed by atoms with Gasteiger partial charge in [0, 0.05) is 6.08 Å². The van der Waals surface area contributed by atoms with Crippen LogP contribution in [0.4, 0.5) is 0 Å². The Bertz CT molecular complexity index is 564. The smallest absolute Gasteiger partial charge is 0.328 e. The fourth-order valence-electron chi connectivity index (χ4n) is 1.48. The van der Waals surface area contributed by atoms with Gasteiger partial charge in [-0.15, -0.1) is 0 Å². The van der Waals surface area contributed by atoms with Crippen LogP contribution in [0.3, 0.4) is 0 Å². The Balaban J connectivity index is 1.90. The molecule has 0 aliphatic heterocycles. The summed E-state index contributed by atoms with van der Waals surface area (Å²) in [6.07, 6.45) is 5.70. The molecule has 0 unspecified atom stereocenters. The monoisotopic (exact) mass is 259 g/mol. The van der Waals surface area contributed by atoms with Crippen LogP contribution in [0.2, 0.25) is 0 Å². The minimum Gasteiger partial charge on any atom is -0.492 e.